The van der Waals surface area contributed by atoms with Gasteiger partial charge in [0, 0.05) is 0 Å². The minimum Gasteiger partial charge on any atom is -0.494 e. The summed E-state index contributed by atoms with van der Waals surface area (Å²) in [6, 6.07) is 3.37. The van der Waals surface area contributed by atoms with Crippen molar-refractivity contribution in [2.75, 3.05) is 6.61 Å². The molecule has 0 atom stereocenters. The second-order valence-corrected chi connectivity index (χ2v) is 3.50. The molecular weight excluding hydrogens is 208 g/mol. The molecule has 16 heavy (non-hydrogen) atoms. The molecule has 1 heterocycles. The molecule has 0 radical (unpaired) electrons. The second-order valence-electron chi connectivity index (χ2n) is 3.50. The van der Waals surface area contributed by atoms with Crippen molar-refractivity contribution in [3.05, 3.63) is 38.5 Å². The Hall–Kier alpha value is -2.04. The Labute approximate surface area is 91.1 Å². The van der Waals surface area contributed by atoms with Gasteiger partial charge in [0.05, 0.1) is 17.5 Å². The lowest BCUT2D eigenvalue weighted by molar-refractivity contribution is 0.338. The first-order valence-electron chi connectivity index (χ1n) is 5.01. The van der Waals surface area contributed by atoms with Crippen molar-refractivity contribution >= 4 is 10.9 Å². The highest BCUT2D eigenvalue weighted by Crippen LogP contribution is 2.21. The topological polar surface area (TPSA) is 75.0 Å². The summed E-state index contributed by atoms with van der Waals surface area (Å²) in [5.74, 6) is 0.660. The third-order valence-electron chi connectivity index (χ3n) is 2.33. The molecule has 0 fully saturated rings. The van der Waals surface area contributed by atoms with Crippen LogP contribution in [-0.2, 0) is 0 Å². The van der Waals surface area contributed by atoms with Crippen LogP contribution >= 0.6 is 0 Å². The smallest absolute Gasteiger partial charge is 0.326 e. The third-order valence-corrected chi connectivity index (χ3v) is 2.33. The zero-order chi connectivity index (χ0) is 11.7. The van der Waals surface area contributed by atoms with Gasteiger partial charge in [0.15, 0.2) is 0 Å². The molecule has 2 aromatic rings. The van der Waals surface area contributed by atoms with Gasteiger partial charge in [-0.25, -0.2) is 4.79 Å². The van der Waals surface area contributed by atoms with Crippen LogP contribution in [0.4, 0.5) is 0 Å². The average Bonchev–Trinajstić information content (AvgIpc) is 2.20. The van der Waals surface area contributed by atoms with Crippen LogP contribution in [0.25, 0.3) is 10.9 Å². The van der Waals surface area contributed by atoms with E-state index in [2.05, 4.69) is 9.97 Å². The fourth-order valence-corrected chi connectivity index (χ4v) is 1.61. The SMILES string of the molecule is CCOc1cc2c(=O)[nH]c(=O)[nH]c2cc1C. The van der Waals surface area contributed by atoms with Crippen molar-refractivity contribution in [2.24, 2.45) is 0 Å². The van der Waals surface area contributed by atoms with Gasteiger partial charge in [-0.1, -0.05) is 0 Å². The number of aryl methyl sites for hydroxylation is 1. The van der Waals surface area contributed by atoms with E-state index in [1.54, 1.807) is 12.1 Å². The quantitative estimate of drug-likeness (QED) is 0.790. The molecule has 0 aliphatic rings. The number of aromatic amines is 2. The lowest BCUT2D eigenvalue weighted by atomic mass is 10.1. The van der Waals surface area contributed by atoms with E-state index in [0.717, 1.165) is 5.56 Å². The van der Waals surface area contributed by atoms with E-state index in [9.17, 15) is 9.59 Å². The molecule has 0 saturated heterocycles. The van der Waals surface area contributed by atoms with Crippen LogP contribution in [0.3, 0.4) is 0 Å². The number of fused-ring (bicyclic) bond motifs is 1. The van der Waals surface area contributed by atoms with Gasteiger partial charge >= 0.3 is 5.69 Å². The minimum absolute atomic E-state index is 0.403. The van der Waals surface area contributed by atoms with Gasteiger partial charge in [-0.05, 0) is 31.5 Å². The number of hydrogen-bond acceptors (Lipinski definition) is 3. The van der Waals surface area contributed by atoms with E-state index < -0.39 is 11.2 Å². The van der Waals surface area contributed by atoms with Crippen molar-refractivity contribution in [3.8, 4) is 5.75 Å². The molecule has 0 bridgehead atoms. The Morgan fingerprint density at radius 2 is 2.00 bits per heavy atom. The van der Waals surface area contributed by atoms with E-state index in [4.69, 9.17) is 4.74 Å². The second kappa shape index (κ2) is 3.84. The molecule has 5 nitrogen and oxygen atoms in total. The number of benzene rings is 1. The maximum atomic E-state index is 11.5. The maximum absolute atomic E-state index is 11.5. The molecule has 1 aromatic heterocycles. The Bertz CT molecular complexity index is 640. The summed E-state index contributed by atoms with van der Waals surface area (Å²) < 4.78 is 5.39. The van der Waals surface area contributed by atoms with E-state index in [1.807, 2.05) is 13.8 Å². The van der Waals surface area contributed by atoms with Crippen LogP contribution in [0.2, 0.25) is 0 Å². The Kier molecular flexibility index (Phi) is 2.52. The van der Waals surface area contributed by atoms with Crippen molar-refractivity contribution in [3.63, 3.8) is 0 Å². The predicted molar refractivity (Wildman–Crippen MR) is 61.1 cm³/mol. The van der Waals surface area contributed by atoms with E-state index in [-0.39, 0.29) is 0 Å². The maximum Gasteiger partial charge on any atom is 0.326 e. The third kappa shape index (κ3) is 1.71. The molecule has 5 heteroatoms. The predicted octanol–water partition coefficient (Wildman–Crippen LogP) is 0.924. The molecule has 0 aliphatic heterocycles. The number of ether oxygens (including phenoxy) is 1. The zero-order valence-electron chi connectivity index (χ0n) is 9.09. The monoisotopic (exact) mass is 220 g/mol. The fourth-order valence-electron chi connectivity index (χ4n) is 1.61. The lowest BCUT2D eigenvalue weighted by Crippen LogP contribution is -2.21. The first kappa shape index (κ1) is 10.5. The highest BCUT2D eigenvalue weighted by molar-refractivity contribution is 5.80. The highest BCUT2D eigenvalue weighted by atomic mass is 16.5. The fraction of sp³-hybridized carbons (Fsp3) is 0.273. The zero-order valence-corrected chi connectivity index (χ0v) is 9.09. The summed E-state index contributed by atoms with van der Waals surface area (Å²) in [5.41, 5.74) is 0.506. The number of hydrogen-bond donors (Lipinski definition) is 2. The minimum atomic E-state index is -0.499. The summed E-state index contributed by atoms with van der Waals surface area (Å²) >= 11 is 0. The van der Waals surface area contributed by atoms with Crippen LogP contribution in [0.1, 0.15) is 12.5 Å². The molecule has 2 N–H and O–H groups in total. The number of H-pyrrole nitrogens is 2. The van der Waals surface area contributed by atoms with Gasteiger partial charge in [-0.2, -0.15) is 0 Å². The molecule has 1 aromatic carbocycles. The summed E-state index contributed by atoms with van der Waals surface area (Å²) in [7, 11) is 0. The van der Waals surface area contributed by atoms with Crippen molar-refractivity contribution in [2.45, 2.75) is 13.8 Å². The average molecular weight is 220 g/mol. The van der Waals surface area contributed by atoms with Gasteiger partial charge in [0.25, 0.3) is 5.56 Å². The summed E-state index contributed by atoms with van der Waals surface area (Å²) in [4.78, 5) is 27.4. The molecule has 0 amide bonds. The van der Waals surface area contributed by atoms with Crippen LogP contribution in [-0.4, -0.2) is 16.6 Å². The summed E-state index contributed by atoms with van der Waals surface area (Å²) in [5, 5.41) is 0.425. The summed E-state index contributed by atoms with van der Waals surface area (Å²) in [6.07, 6.45) is 0. The van der Waals surface area contributed by atoms with E-state index in [0.29, 0.717) is 23.3 Å². The molecule has 84 valence electrons. The van der Waals surface area contributed by atoms with Crippen LogP contribution in [0, 0.1) is 6.92 Å². The van der Waals surface area contributed by atoms with E-state index in [1.165, 1.54) is 0 Å². The molecule has 0 aliphatic carbocycles. The molecular formula is C11H12N2O3. The van der Waals surface area contributed by atoms with Crippen LogP contribution < -0.4 is 16.0 Å². The number of nitrogens with one attached hydrogen (secondary N) is 2. The van der Waals surface area contributed by atoms with Crippen LogP contribution in [0.5, 0.6) is 5.75 Å². The van der Waals surface area contributed by atoms with Crippen molar-refractivity contribution in [1.29, 1.82) is 0 Å². The van der Waals surface area contributed by atoms with Gasteiger partial charge in [0.2, 0.25) is 0 Å². The van der Waals surface area contributed by atoms with Gasteiger partial charge in [0.1, 0.15) is 5.75 Å². The molecule has 0 saturated carbocycles. The van der Waals surface area contributed by atoms with Crippen molar-refractivity contribution in [1.82, 2.24) is 9.97 Å². The first-order valence-corrected chi connectivity index (χ1v) is 5.01. The Morgan fingerprint density at radius 3 is 2.69 bits per heavy atom. The standard InChI is InChI=1S/C11H12N2O3/c1-3-16-9-5-7-8(4-6(9)2)12-11(15)13-10(7)14/h4-5H,3H2,1-2H3,(H2,12,13,14,15). The van der Waals surface area contributed by atoms with Crippen LogP contribution in [0.15, 0.2) is 21.7 Å². The first-order chi connectivity index (χ1) is 7.61. The van der Waals surface area contributed by atoms with Gasteiger partial charge in [-0.15, -0.1) is 0 Å². The molecule has 0 unspecified atom stereocenters. The summed E-state index contributed by atoms with van der Waals surface area (Å²) in [6.45, 7) is 4.28. The highest BCUT2D eigenvalue weighted by Gasteiger charge is 2.06. The molecule has 0 spiro atoms. The largest absolute Gasteiger partial charge is 0.494 e. The normalized spacial score (nSPS) is 10.6. The Morgan fingerprint density at radius 1 is 1.25 bits per heavy atom. The van der Waals surface area contributed by atoms with E-state index >= 15 is 0 Å². The number of rotatable bonds is 2. The Balaban J connectivity index is 2.79. The lowest BCUT2D eigenvalue weighted by Gasteiger charge is -2.07. The van der Waals surface area contributed by atoms with Crippen molar-refractivity contribution < 1.29 is 4.74 Å². The van der Waals surface area contributed by atoms with Gasteiger partial charge in [-0.3, -0.25) is 9.78 Å². The van der Waals surface area contributed by atoms with Gasteiger partial charge < -0.3 is 9.72 Å². The number of aromatic nitrogens is 2. The molecule has 2 rings (SSSR count).